The van der Waals surface area contributed by atoms with Gasteiger partial charge in [0.05, 0.1) is 18.3 Å². The van der Waals surface area contributed by atoms with Gasteiger partial charge in [-0.15, -0.1) is 0 Å². The first-order chi connectivity index (χ1) is 19.4. The Morgan fingerprint density at radius 2 is 1.86 bits per heavy atom. The molecule has 3 aliphatic carbocycles. The Morgan fingerprint density at radius 3 is 2.43 bits per heavy atom. The number of carbonyl (C=O) groups is 2. The van der Waals surface area contributed by atoms with Crippen LogP contribution in [0.2, 0.25) is 0 Å². The molecule has 0 aromatic carbocycles. The summed E-state index contributed by atoms with van der Waals surface area (Å²) in [5, 5.41) is 31.9. The molecule has 1 aliphatic heterocycles. The molecule has 10 unspecified atom stereocenters. The predicted octanol–water partition coefficient (Wildman–Crippen LogP) is 6.32. The Bertz CT molecular complexity index is 1100. The molecule has 2 saturated carbocycles. The molecule has 0 spiro atoms. The van der Waals surface area contributed by atoms with Gasteiger partial charge in [-0.2, -0.15) is 0 Å². The van der Waals surface area contributed by atoms with Crippen LogP contribution in [0.25, 0.3) is 0 Å². The average Bonchev–Trinajstić information content (AvgIpc) is 3.46. The van der Waals surface area contributed by atoms with Crippen molar-refractivity contribution in [1.82, 2.24) is 0 Å². The number of carboxylic acids is 1. The second kappa shape index (κ2) is 11.7. The van der Waals surface area contributed by atoms with Crippen molar-refractivity contribution in [3.63, 3.8) is 0 Å². The lowest BCUT2D eigenvalue weighted by atomic mass is 9.39. The first-order valence-corrected chi connectivity index (χ1v) is 16.2. The van der Waals surface area contributed by atoms with Crippen molar-refractivity contribution >= 4 is 11.9 Å². The lowest BCUT2D eigenvalue weighted by Gasteiger charge is -2.66. The molecule has 0 radical (unpaired) electrons. The third-order valence-electron chi connectivity index (χ3n) is 12.0. The third kappa shape index (κ3) is 5.75. The van der Waals surface area contributed by atoms with Crippen LogP contribution in [0.4, 0.5) is 0 Å². The van der Waals surface area contributed by atoms with E-state index in [1.54, 1.807) is 27.7 Å². The van der Waals surface area contributed by atoms with E-state index in [2.05, 4.69) is 46.8 Å². The van der Waals surface area contributed by atoms with E-state index in [4.69, 9.17) is 9.47 Å². The quantitative estimate of drug-likeness (QED) is 0.213. The fourth-order valence-corrected chi connectivity index (χ4v) is 10.0. The molecule has 4 rings (SSSR count). The van der Waals surface area contributed by atoms with Crippen LogP contribution in [0.1, 0.15) is 107 Å². The topological polar surface area (TPSA) is 113 Å². The van der Waals surface area contributed by atoms with Crippen LogP contribution >= 0.6 is 0 Å². The lowest BCUT2D eigenvalue weighted by molar-refractivity contribution is -0.214. The van der Waals surface area contributed by atoms with Crippen molar-refractivity contribution < 1.29 is 34.4 Å². The monoisotopic (exact) mass is 588 g/mol. The molecule has 0 amide bonds. The minimum absolute atomic E-state index is 0.000145. The summed E-state index contributed by atoms with van der Waals surface area (Å²) < 4.78 is 12.5. The van der Waals surface area contributed by atoms with E-state index in [9.17, 15) is 24.9 Å². The zero-order valence-corrected chi connectivity index (χ0v) is 27.4. The number of aliphatic hydroxyl groups is 2. The van der Waals surface area contributed by atoms with Crippen LogP contribution in [0.3, 0.4) is 0 Å². The number of fused-ring (bicyclic) bond motifs is 3. The molecule has 4 aliphatic rings. The van der Waals surface area contributed by atoms with E-state index >= 15 is 0 Å². The number of allylic oxidation sites excluding steroid dienone is 2. The number of carboxylic acid groups (broad SMARTS) is 1. The normalized spacial score (nSPS) is 40.6. The van der Waals surface area contributed by atoms with E-state index in [-0.39, 0.29) is 35.7 Å². The van der Waals surface area contributed by atoms with Crippen LogP contribution in [-0.2, 0) is 19.1 Å². The Morgan fingerprint density at radius 1 is 1.19 bits per heavy atom. The summed E-state index contributed by atoms with van der Waals surface area (Å²) in [4.78, 5) is 25.2. The largest absolute Gasteiger partial charge is 0.481 e. The number of aliphatic carboxylic acids is 1. The molecular weight excluding hydrogens is 532 g/mol. The van der Waals surface area contributed by atoms with E-state index in [0.717, 1.165) is 32.3 Å². The average molecular weight is 589 g/mol. The number of hydrogen-bond acceptors (Lipinski definition) is 6. The first kappa shape index (κ1) is 33.2. The first-order valence-electron chi connectivity index (χ1n) is 16.2. The van der Waals surface area contributed by atoms with Crippen LogP contribution < -0.4 is 0 Å². The van der Waals surface area contributed by atoms with Gasteiger partial charge >= 0.3 is 11.9 Å². The Labute approximate surface area is 253 Å². The highest BCUT2D eigenvalue weighted by Crippen LogP contribution is 2.72. The van der Waals surface area contributed by atoms with Gasteiger partial charge in [-0.1, -0.05) is 57.9 Å². The molecule has 1 saturated heterocycles. The van der Waals surface area contributed by atoms with E-state index in [1.165, 1.54) is 11.1 Å². The second-order valence-electron chi connectivity index (χ2n) is 15.8. The summed E-state index contributed by atoms with van der Waals surface area (Å²) in [6.07, 6.45) is 7.65. The van der Waals surface area contributed by atoms with Gasteiger partial charge in [0.25, 0.3) is 0 Å². The highest BCUT2D eigenvalue weighted by molar-refractivity contribution is 5.75. The maximum atomic E-state index is 13.3. The van der Waals surface area contributed by atoms with Crippen LogP contribution in [0, 0.1) is 45.8 Å². The zero-order chi connectivity index (χ0) is 31.4. The number of esters is 1. The van der Waals surface area contributed by atoms with Gasteiger partial charge in [0.1, 0.15) is 6.10 Å². The summed E-state index contributed by atoms with van der Waals surface area (Å²) in [7, 11) is 0. The van der Waals surface area contributed by atoms with Crippen molar-refractivity contribution in [2.75, 3.05) is 6.61 Å². The van der Waals surface area contributed by atoms with Gasteiger partial charge in [-0.25, -0.2) is 4.79 Å². The molecule has 238 valence electrons. The maximum absolute atomic E-state index is 13.3. The van der Waals surface area contributed by atoms with Crippen molar-refractivity contribution in [3.05, 3.63) is 23.3 Å². The molecule has 42 heavy (non-hydrogen) atoms. The van der Waals surface area contributed by atoms with Crippen molar-refractivity contribution in [3.8, 4) is 0 Å². The zero-order valence-electron chi connectivity index (χ0n) is 27.4. The summed E-state index contributed by atoms with van der Waals surface area (Å²) >= 11 is 0. The predicted molar refractivity (Wildman–Crippen MR) is 163 cm³/mol. The molecule has 0 aromatic rings. The van der Waals surface area contributed by atoms with Crippen LogP contribution in [0.15, 0.2) is 23.3 Å². The molecular formula is C35H56O7. The number of carbonyl (C=O) groups excluding carboxylic acids is 1. The summed E-state index contributed by atoms with van der Waals surface area (Å²) in [6.45, 7) is 18.9. The number of hydrogen-bond donors (Lipinski definition) is 3. The van der Waals surface area contributed by atoms with Crippen LogP contribution in [-0.4, -0.2) is 57.8 Å². The standard InChI is InChI=1S/C35H56O7/c1-20(2)16-23-17-22(19-41-23)24-10-11-25-33(24,7)14-12-26-34(8,15-13-29(36)37)27(32(5,6)40)18-28(35(25,26)9)42-31(39)30(38)21(3)4/h11,16,21-24,26-28,30,38,40H,10,12-15,17-19H2,1-9H3,(H,36,37). The number of aliphatic hydroxyl groups excluding tert-OH is 1. The molecule has 1 heterocycles. The molecule has 7 heteroatoms. The van der Waals surface area contributed by atoms with Gasteiger partial charge in [-0.05, 0) is 107 Å². The second-order valence-corrected chi connectivity index (χ2v) is 15.8. The smallest absolute Gasteiger partial charge is 0.335 e. The van der Waals surface area contributed by atoms with E-state index in [0.29, 0.717) is 24.7 Å². The number of rotatable bonds is 9. The lowest BCUT2D eigenvalue weighted by Crippen LogP contribution is -2.64. The minimum Gasteiger partial charge on any atom is -0.481 e. The van der Waals surface area contributed by atoms with Gasteiger partial charge in [0.15, 0.2) is 6.10 Å². The van der Waals surface area contributed by atoms with E-state index in [1.807, 2.05) is 0 Å². The fourth-order valence-electron chi connectivity index (χ4n) is 10.0. The van der Waals surface area contributed by atoms with Crippen molar-refractivity contribution in [2.45, 2.75) is 131 Å². The number of ether oxygens (including phenoxy) is 2. The summed E-state index contributed by atoms with van der Waals surface area (Å²) in [5.41, 5.74) is 0.329. The van der Waals surface area contributed by atoms with Crippen LogP contribution in [0.5, 0.6) is 0 Å². The summed E-state index contributed by atoms with van der Waals surface area (Å²) in [5.74, 6) is -1.18. The molecule has 7 nitrogen and oxygen atoms in total. The van der Waals surface area contributed by atoms with Gasteiger partial charge in [0, 0.05) is 11.8 Å². The van der Waals surface area contributed by atoms with Gasteiger partial charge in [0.2, 0.25) is 0 Å². The highest BCUT2D eigenvalue weighted by Gasteiger charge is 2.68. The maximum Gasteiger partial charge on any atom is 0.335 e. The molecule has 0 bridgehead atoms. The van der Waals surface area contributed by atoms with Crippen molar-refractivity contribution in [1.29, 1.82) is 0 Å². The van der Waals surface area contributed by atoms with E-state index < -0.39 is 40.6 Å². The Kier molecular flexibility index (Phi) is 9.22. The van der Waals surface area contributed by atoms with Crippen molar-refractivity contribution in [2.24, 2.45) is 45.8 Å². The third-order valence-corrected chi connectivity index (χ3v) is 12.0. The van der Waals surface area contributed by atoms with Gasteiger partial charge in [-0.3, -0.25) is 4.79 Å². The van der Waals surface area contributed by atoms with Gasteiger partial charge < -0.3 is 24.8 Å². The molecule has 3 fully saturated rings. The molecule has 10 atom stereocenters. The SMILES string of the molecule is CC(C)=CC1CC(C2CC=C3C2(C)CCC2C(C)(CCC(=O)O)C(C(C)(C)O)CC(OC(=O)C(O)C(C)C)C32C)CO1. The summed E-state index contributed by atoms with van der Waals surface area (Å²) in [6, 6.07) is 0. The minimum atomic E-state index is -1.23. The fraction of sp³-hybridized carbons (Fsp3) is 0.829. The molecule has 0 aromatic heterocycles. The Hall–Kier alpha value is -1.70. The molecule has 3 N–H and O–H groups in total. The Balaban J connectivity index is 1.77. The highest BCUT2D eigenvalue weighted by atomic mass is 16.6.